The van der Waals surface area contributed by atoms with Gasteiger partial charge in [0.1, 0.15) is 0 Å². The predicted molar refractivity (Wildman–Crippen MR) is 101 cm³/mol. The van der Waals surface area contributed by atoms with Gasteiger partial charge in [0, 0.05) is 0 Å². The zero-order valence-corrected chi connectivity index (χ0v) is 14.5. The number of aliphatic carboxylic acids is 2. The first-order valence-electron chi connectivity index (χ1n) is 8.01. The second kappa shape index (κ2) is 8.80. The summed E-state index contributed by atoms with van der Waals surface area (Å²) in [5.74, 6) is -3.54. The molecule has 2 unspecified atom stereocenters. The van der Waals surface area contributed by atoms with Crippen molar-refractivity contribution in [2.45, 2.75) is 12.2 Å². The molecule has 1 heterocycles. The fraction of sp³-hybridized carbons (Fsp3) is 0.105. The van der Waals surface area contributed by atoms with E-state index in [-0.39, 0.29) is 0 Å². The molecule has 2 atom stereocenters. The minimum absolute atomic E-state index is 0.474. The van der Waals surface area contributed by atoms with Crippen molar-refractivity contribution in [2.24, 2.45) is 5.73 Å². The van der Waals surface area contributed by atoms with Crippen molar-refractivity contribution >= 4 is 41.5 Å². The van der Waals surface area contributed by atoms with E-state index in [0.29, 0.717) is 0 Å². The number of urea groups is 1. The molecular weight excluding hydrogens is 368 g/mol. The van der Waals surface area contributed by atoms with Gasteiger partial charge in [0.25, 0.3) is 0 Å². The SMILES string of the molecule is NC(=O)N1c2ccccc2C=Cc2ccccc21.O=C(O)C(O)C(O)C(=O)O. The third kappa shape index (κ3) is 4.53. The van der Waals surface area contributed by atoms with Crippen LogP contribution in [0.25, 0.3) is 12.2 Å². The van der Waals surface area contributed by atoms with Crippen LogP contribution < -0.4 is 10.6 Å². The lowest BCUT2D eigenvalue weighted by molar-refractivity contribution is -0.165. The van der Waals surface area contributed by atoms with Gasteiger partial charge in [0.15, 0.2) is 12.2 Å². The van der Waals surface area contributed by atoms with Gasteiger partial charge in [-0.2, -0.15) is 0 Å². The average molecular weight is 386 g/mol. The Morgan fingerprint density at radius 2 is 1.11 bits per heavy atom. The van der Waals surface area contributed by atoms with E-state index in [9.17, 15) is 14.4 Å². The number of fused-ring (bicyclic) bond motifs is 2. The van der Waals surface area contributed by atoms with Crippen LogP contribution in [-0.2, 0) is 9.59 Å². The number of nitrogens with two attached hydrogens (primary N) is 1. The smallest absolute Gasteiger partial charge is 0.335 e. The summed E-state index contributed by atoms with van der Waals surface area (Å²) >= 11 is 0. The number of aliphatic hydroxyl groups is 2. The first-order chi connectivity index (χ1) is 13.2. The Kier molecular flexibility index (Phi) is 6.48. The van der Waals surface area contributed by atoms with Gasteiger partial charge < -0.3 is 26.2 Å². The van der Waals surface area contributed by atoms with E-state index in [1.54, 1.807) is 4.90 Å². The zero-order valence-electron chi connectivity index (χ0n) is 14.5. The van der Waals surface area contributed by atoms with Crippen molar-refractivity contribution in [2.75, 3.05) is 4.90 Å². The third-order valence-corrected chi connectivity index (χ3v) is 3.82. The van der Waals surface area contributed by atoms with Crippen molar-refractivity contribution in [3.05, 3.63) is 59.7 Å². The van der Waals surface area contributed by atoms with Crippen molar-refractivity contribution in [3.8, 4) is 0 Å². The maximum Gasteiger partial charge on any atom is 0.335 e. The highest BCUT2D eigenvalue weighted by molar-refractivity contribution is 6.04. The molecule has 146 valence electrons. The molecule has 9 nitrogen and oxygen atoms in total. The van der Waals surface area contributed by atoms with Gasteiger partial charge in [0.05, 0.1) is 11.4 Å². The zero-order chi connectivity index (χ0) is 20.8. The number of anilines is 2. The highest BCUT2D eigenvalue weighted by atomic mass is 16.4. The summed E-state index contributed by atoms with van der Waals surface area (Å²) in [5.41, 5.74) is 9.11. The summed E-state index contributed by atoms with van der Waals surface area (Å²) in [6.45, 7) is 0. The van der Waals surface area contributed by atoms with Crippen LogP contribution in [0.5, 0.6) is 0 Å². The molecule has 2 aromatic carbocycles. The maximum absolute atomic E-state index is 11.8. The van der Waals surface area contributed by atoms with Gasteiger partial charge in [-0.25, -0.2) is 14.4 Å². The first kappa shape index (κ1) is 20.6. The summed E-state index contributed by atoms with van der Waals surface area (Å²) in [6.07, 6.45) is -0.538. The van der Waals surface area contributed by atoms with Crippen LogP contribution >= 0.6 is 0 Å². The molecule has 2 aromatic rings. The van der Waals surface area contributed by atoms with Crippen LogP contribution in [0.3, 0.4) is 0 Å². The fourth-order valence-electron chi connectivity index (χ4n) is 2.48. The van der Waals surface area contributed by atoms with Crippen LogP contribution in [-0.4, -0.2) is 50.6 Å². The number of hydrogen-bond acceptors (Lipinski definition) is 5. The van der Waals surface area contributed by atoms with Crippen LogP contribution in [0.1, 0.15) is 11.1 Å². The molecule has 3 rings (SSSR count). The lowest BCUT2D eigenvalue weighted by atomic mass is 10.1. The van der Waals surface area contributed by atoms with E-state index < -0.39 is 30.2 Å². The van der Waals surface area contributed by atoms with Crippen molar-refractivity contribution in [1.82, 2.24) is 0 Å². The Morgan fingerprint density at radius 3 is 1.43 bits per heavy atom. The number of nitrogens with zero attached hydrogens (tertiary/aromatic N) is 1. The summed E-state index contributed by atoms with van der Waals surface area (Å²) in [4.78, 5) is 32.8. The molecule has 6 N–H and O–H groups in total. The molecule has 2 amide bonds. The van der Waals surface area contributed by atoms with Gasteiger partial charge in [-0.1, -0.05) is 48.6 Å². The normalized spacial score (nSPS) is 13.7. The summed E-state index contributed by atoms with van der Waals surface area (Å²) in [7, 11) is 0. The van der Waals surface area contributed by atoms with Crippen molar-refractivity contribution in [3.63, 3.8) is 0 Å². The molecule has 0 fully saturated rings. The van der Waals surface area contributed by atoms with E-state index in [0.717, 1.165) is 22.5 Å². The topological polar surface area (TPSA) is 161 Å². The van der Waals surface area contributed by atoms with Crippen LogP contribution in [0.4, 0.5) is 16.2 Å². The quantitative estimate of drug-likeness (QED) is 0.530. The standard InChI is InChI=1S/C15H12N2O.C4H6O6/c16-15(18)17-13-7-3-1-5-11(13)9-10-12-6-2-4-8-14(12)17;5-1(3(7)8)2(6)4(9)10/h1-10H,(H2,16,18);1-2,5-6H,(H,7,8)(H,9,10). The van der Waals surface area contributed by atoms with E-state index in [4.69, 9.17) is 26.2 Å². The van der Waals surface area contributed by atoms with Crippen LogP contribution in [0.2, 0.25) is 0 Å². The maximum atomic E-state index is 11.8. The van der Waals surface area contributed by atoms with Gasteiger partial charge in [-0.05, 0) is 23.3 Å². The number of carboxylic acid groups (broad SMARTS) is 2. The number of benzene rings is 2. The lowest BCUT2D eigenvalue weighted by Gasteiger charge is -2.22. The van der Waals surface area contributed by atoms with E-state index in [2.05, 4.69) is 0 Å². The lowest BCUT2D eigenvalue weighted by Crippen LogP contribution is -2.39. The molecular formula is C19H18N2O7. The molecule has 9 heteroatoms. The highest BCUT2D eigenvalue weighted by Crippen LogP contribution is 2.35. The molecule has 0 saturated carbocycles. The summed E-state index contributed by atoms with van der Waals surface area (Å²) in [6, 6.07) is 14.9. The Bertz CT molecular complexity index is 859. The highest BCUT2D eigenvalue weighted by Gasteiger charge is 2.29. The summed E-state index contributed by atoms with van der Waals surface area (Å²) in [5, 5.41) is 32.5. The summed E-state index contributed by atoms with van der Waals surface area (Å²) < 4.78 is 0. The van der Waals surface area contributed by atoms with Crippen molar-refractivity contribution in [1.29, 1.82) is 0 Å². The number of carbonyl (C=O) groups excluding carboxylic acids is 1. The molecule has 0 saturated heterocycles. The van der Waals surface area contributed by atoms with Crippen LogP contribution in [0.15, 0.2) is 48.5 Å². The minimum Gasteiger partial charge on any atom is -0.479 e. The van der Waals surface area contributed by atoms with Gasteiger partial charge in [-0.15, -0.1) is 0 Å². The number of primary amides is 1. The van der Waals surface area contributed by atoms with Crippen molar-refractivity contribution < 1.29 is 34.8 Å². The molecule has 0 bridgehead atoms. The number of carboxylic acids is 2. The second-order valence-corrected chi connectivity index (χ2v) is 5.69. The number of rotatable bonds is 3. The molecule has 0 spiro atoms. The van der Waals surface area contributed by atoms with Crippen LogP contribution in [0, 0.1) is 0 Å². The Hall–Kier alpha value is -3.69. The molecule has 28 heavy (non-hydrogen) atoms. The molecule has 1 aliphatic rings. The molecule has 0 aromatic heterocycles. The van der Waals surface area contributed by atoms with E-state index in [1.165, 1.54) is 0 Å². The number of hydrogen-bond donors (Lipinski definition) is 5. The predicted octanol–water partition coefficient (Wildman–Crippen LogP) is 1.26. The molecule has 1 aliphatic heterocycles. The first-order valence-corrected chi connectivity index (χ1v) is 8.01. The van der Waals surface area contributed by atoms with Gasteiger partial charge in [-0.3, -0.25) is 4.90 Å². The number of para-hydroxylation sites is 2. The largest absolute Gasteiger partial charge is 0.479 e. The molecule has 0 radical (unpaired) electrons. The van der Waals surface area contributed by atoms with E-state index in [1.807, 2.05) is 60.7 Å². The second-order valence-electron chi connectivity index (χ2n) is 5.69. The molecule has 0 aliphatic carbocycles. The average Bonchev–Trinajstić information content (AvgIpc) is 2.84. The Labute approximate surface area is 159 Å². The monoisotopic (exact) mass is 386 g/mol. The Balaban J connectivity index is 0.000000242. The van der Waals surface area contributed by atoms with Gasteiger partial charge >= 0.3 is 18.0 Å². The fourth-order valence-corrected chi connectivity index (χ4v) is 2.48. The van der Waals surface area contributed by atoms with E-state index >= 15 is 0 Å². The van der Waals surface area contributed by atoms with Gasteiger partial charge in [0.2, 0.25) is 0 Å². The Morgan fingerprint density at radius 1 is 0.750 bits per heavy atom. The minimum atomic E-state index is -2.27. The number of amides is 2. The third-order valence-electron chi connectivity index (χ3n) is 3.82. The number of aliphatic hydroxyl groups excluding tert-OH is 2. The number of carbonyl (C=O) groups is 3.